The number of fused-ring (bicyclic) bond motifs is 1. The molecule has 3 rings (SSSR count). The molecule has 1 aromatic heterocycles. The van der Waals surface area contributed by atoms with Gasteiger partial charge in [0.2, 0.25) is 0 Å². The third kappa shape index (κ3) is 2.89. The van der Waals surface area contributed by atoms with Gasteiger partial charge in [0.15, 0.2) is 12.5 Å². The zero-order chi connectivity index (χ0) is 15.4. The fourth-order valence-electron chi connectivity index (χ4n) is 2.68. The summed E-state index contributed by atoms with van der Waals surface area (Å²) in [7, 11) is 0. The minimum Gasteiger partial charge on any atom is -0.395 e. The predicted octanol–water partition coefficient (Wildman–Crippen LogP) is 2.28. The molecule has 114 valence electrons. The number of hydrogen-bond donors (Lipinski definition) is 1. The van der Waals surface area contributed by atoms with Crippen LogP contribution in [0.4, 0.5) is 0 Å². The smallest absolute Gasteiger partial charge is 0.151 e. The average Bonchev–Trinajstić information content (AvgIpc) is 2.98. The molecule has 1 aromatic carbocycles. The van der Waals surface area contributed by atoms with E-state index in [9.17, 15) is 4.79 Å². The van der Waals surface area contributed by atoms with Crippen molar-refractivity contribution in [3.05, 3.63) is 29.5 Å². The monoisotopic (exact) mass is 298 g/mol. The van der Waals surface area contributed by atoms with Gasteiger partial charge in [0.25, 0.3) is 0 Å². The number of nitrogens with zero attached hydrogens (tertiary/aromatic N) is 2. The molecule has 2 heterocycles. The highest BCUT2D eigenvalue weighted by Crippen LogP contribution is 2.27. The second kappa shape index (κ2) is 6.73. The summed E-state index contributed by atoms with van der Waals surface area (Å²) in [5.74, 6) is 5.79. The second-order valence-corrected chi connectivity index (χ2v) is 5.30. The van der Waals surface area contributed by atoms with Crippen LogP contribution in [0.1, 0.15) is 47.8 Å². The molecule has 5 heteroatoms. The molecule has 0 amide bonds. The summed E-state index contributed by atoms with van der Waals surface area (Å²) >= 11 is 0. The highest BCUT2D eigenvalue weighted by molar-refractivity contribution is 5.90. The van der Waals surface area contributed by atoms with Gasteiger partial charge in [-0.2, -0.15) is 5.10 Å². The number of aliphatic hydroxyl groups excluding tert-OH is 1. The van der Waals surface area contributed by atoms with Crippen molar-refractivity contribution in [2.24, 2.45) is 0 Å². The maximum absolute atomic E-state index is 11.3. The fourth-order valence-corrected chi connectivity index (χ4v) is 2.68. The second-order valence-electron chi connectivity index (χ2n) is 5.30. The topological polar surface area (TPSA) is 64.4 Å². The van der Waals surface area contributed by atoms with Crippen LogP contribution in [0.2, 0.25) is 0 Å². The van der Waals surface area contributed by atoms with Gasteiger partial charge in [0, 0.05) is 29.5 Å². The molecule has 1 atom stereocenters. The molecule has 1 saturated heterocycles. The summed E-state index contributed by atoms with van der Waals surface area (Å²) in [5.41, 5.74) is 2.09. The molecule has 1 aliphatic heterocycles. The van der Waals surface area contributed by atoms with Crippen molar-refractivity contribution < 1.29 is 14.6 Å². The van der Waals surface area contributed by atoms with Gasteiger partial charge in [-0.15, -0.1) is 0 Å². The van der Waals surface area contributed by atoms with E-state index in [1.54, 1.807) is 6.20 Å². The summed E-state index contributed by atoms with van der Waals surface area (Å²) in [6, 6.07) is 3.69. The van der Waals surface area contributed by atoms with Crippen molar-refractivity contribution >= 4 is 17.2 Å². The normalized spacial score (nSPS) is 18.0. The number of aliphatic hydroxyl groups is 1. The first-order valence-corrected chi connectivity index (χ1v) is 7.51. The van der Waals surface area contributed by atoms with Crippen LogP contribution in [-0.4, -0.2) is 34.4 Å². The van der Waals surface area contributed by atoms with Gasteiger partial charge in [0.1, 0.15) is 0 Å². The molecule has 1 fully saturated rings. The van der Waals surface area contributed by atoms with Crippen LogP contribution in [0, 0.1) is 11.8 Å². The Morgan fingerprint density at radius 3 is 3.09 bits per heavy atom. The molecule has 0 aliphatic carbocycles. The molecule has 1 N–H and O–H groups in total. The summed E-state index contributed by atoms with van der Waals surface area (Å²) in [6.45, 7) is 0.764. The molecule has 22 heavy (non-hydrogen) atoms. The van der Waals surface area contributed by atoms with Crippen LogP contribution in [0.3, 0.4) is 0 Å². The zero-order valence-electron chi connectivity index (χ0n) is 12.3. The summed E-state index contributed by atoms with van der Waals surface area (Å²) in [4.78, 5) is 11.3. The quantitative estimate of drug-likeness (QED) is 0.697. The molecule has 5 nitrogen and oxygen atoms in total. The van der Waals surface area contributed by atoms with Gasteiger partial charge >= 0.3 is 0 Å². The van der Waals surface area contributed by atoms with E-state index in [4.69, 9.17) is 9.84 Å². The minimum atomic E-state index is -0.0583. The van der Waals surface area contributed by atoms with Crippen LogP contribution in [-0.2, 0) is 4.74 Å². The number of hydrogen-bond acceptors (Lipinski definition) is 4. The van der Waals surface area contributed by atoms with Gasteiger partial charge in [-0.1, -0.05) is 11.8 Å². The van der Waals surface area contributed by atoms with Crippen molar-refractivity contribution in [2.75, 3.05) is 13.2 Å². The lowest BCUT2D eigenvalue weighted by atomic mass is 10.1. The molecule has 0 saturated carbocycles. The van der Waals surface area contributed by atoms with Crippen LogP contribution in [0.25, 0.3) is 10.9 Å². The van der Waals surface area contributed by atoms with Gasteiger partial charge in [0.05, 0.1) is 18.3 Å². The SMILES string of the molecule is O=Cc1cc2c(cnn2C2CCCCO2)cc1C#CCCO. The van der Waals surface area contributed by atoms with Crippen LogP contribution >= 0.6 is 0 Å². The lowest BCUT2D eigenvalue weighted by Crippen LogP contribution is -2.19. The summed E-state index contributed by atoms with van der Waals surface area (Å²) in [5, 5.41) is 14.1. The maximum Gasteiger partial charge on any atom is 0.151 e. The standard InChI is InChI=1S/C17H18N2O3/c20-7-3-1-5-13-9-14-11-18-19(16(14)10-15(13)12-21)17-6-2-4-8-22-17/h9-12,17,20H,2-4,6-8H2. The van der Waals surface area contributed by atoms with E-state index in [0.717, 1.165) is 43.1 Å². The molecular weight excluding hydrogens is 280 g/mol. The molecule has 1 unspecified atom stereocenters. The fraction of sp³-hybridized carbons (Fsp3) is 0.412. The summed E-state index contributed by atoms with van der Waals surface area (Å²) in [6.07, 6.45) is 6.06. The maximum atomic E-state index is 11.3. The molecular formula is C17H18N2O3. The third-order valence-corrected chi connectivity index (χ3v) is 3.78. The van der Waals surface area contributed by atoms with E-state index in [1.807, 2.05) is 16.8 Å². The van der Waals surface area contributed by atoms with E-state index < -0.39 is 0 Å². The van der Waals surface area contributed by atoms with Crippen molar-refractivity contribution in [3.8, 4) is 11.8 Å². The Balaban J connectivity index is 2.01. The van der Waals surface area contributed by atoms with E-state index in [0.29, 0.717) is 17.5 Å². The lowest BCUT2D eigenvalue weighted by Gasteiger charge is -2.23. The van der Waals surface area contributed by atoms with Gasteiger partial charge < -0.3 is 9.84 Å². The lowest BCUT2D eigenvalue weighted by molar-refractivity contribution is -0.0366. The first kappa shape index (κ1) is 14.8. The Kier molecular flexibility index (Phi) is 4.52. The van der Waals surface area contributed by atoms with Gasteiger partial charge in [-0.3, -0.25) is 4.79 Å². The van der Waals surface area contributed by atoms with Crippen molar-refractivity contribution in [2.45, 2.75) is 31.9 Å². The van der Waals surface area contributed by atoms with Gasteiger partial charge in [-0.25, -0.2) is 4.68 Å². The Hall–Kier alpha value is -2.16. The van der Waals surface area contributed by atoms with E-state index in [2.05, 4.69) is 16.9 Å². The van der Waals surface area contributed by atoms with E-state index in [1.165, 1.54) is 0 Å². The van der Waals surface area contributed by atoms with Crippen LogP contribution in [0.15, 0.2) is 18.3 Å². The predicted molar refractivity (Wildman–Crippen MR) is 82.5 cm³/mol. The van der Waals surface area contributed by atoms with Crippen LogP contribution in [0.5, 0.6) is 0 Å². The number of rotatable bonds is 3. The number of carbonyl (C=O) groups is 1. The first-order chi connectivity index (χ1) is 10.8. The van der Waals surface area contributed by atoms with Gasteiger partial charge in [-0.05, 0) is 31.4 Å². The molecule has 2 aromatic rings. The molecule has 0 radical (unpaired) electrons. The largest absolute Gasteiger partial charge is 0.395 e. The van der Waals surface area contributed by atoms with Crippen LogP contribution < -0.4 is 0 Å². The Labute approximate surface area is 128 Å². The highest BCUT2D eigenvalue weighted by atomic mass is 16.5. The zero-order valence-corrected chi connectivity index (χ0v) is 12.3. The minimum absolute atomic E-state index is 0.0165. The molecule has 0 spiro atoms. The summed E-state index contributed by atoms with van der Waals surface area (Å²) < 4.78 is 7.62. The molecule has 1 aliphatic rings. The Morgan fingerprint density at radius 1 is 1.45 bits per heavy atom. The molecule has 0 bridgehead atoms. The van der Waals surface area contributed by atoms with E-state index in [-0.39, 0.29) is 12.8 Å². The van der Waals surface area contributed by atoms with E-state index >= 15 is 0 Å². The number of carbonyl (C=O) groups excluding carboxylic acids is 1. The van der Waals surface area contributed by atoms with Crippen molar-refractivity contribution in [1.82, 2.24) is 9.78 Å². The first-order valence-electron chi connectivity index (χ1n) is 7.51. The Morgan fingerprint density at radius 2 is 2.36 bits per heavy atom. The Bertz CT molecular complexity index is 733. The number of ether oxygens (including phenoxy) is 1. The number of benzene rings is 1. The average molecular weight is 298 g/mol. The number of aldehydes is 1. The highest BCUT2D eigenvalue weighted by Gasteiger charge is 2.19. The number of aromatic nitrogens is 2. The van der Waals surface area contributed by atoms with Crippen molar-refractivity contribution in [3.63, 3.8) is 0 Å². The third-order valence-electron chi connectivity index (χ3n) is 3.78. The van der Waals surface area contributed by atoms with Crippen molar-refractivity contribution in [1.29, 1.82) is 0 Å².